The van der Waals surface area contributed by atoms with E-state index in [1.54, 1.807) is 57.8 Å². The Morgan fingerprint density at radius 1 is 1.03 bits per heavy atom. The largest absolute Gasteiger partial charge is 0.493 e. The summed E-state index contributed by atoms with van der Waals surface area (Å²) in [6, 6.07) is 9.57. The number of benzene rings is 2. The average Bonchev–Trinajstić information content (AvgIpc) is 2.79. The molecule has 34 heavy (non-hydrogen) atoms. The zero-order valence-corrected chi connectivity index (χ0v) is 20.4. The zero-order valence-electron chi connectivity index (χ0n) is 19.6. The number of urea groups is 1. The van der Waals surface area contributed by atoms with Crippen LogP contribution in [-0.4, -0.2) is 55.7 Å². The summed E-state index contributed by atoms with van der Waals surface area (Å²) in [5, 5.41) is 5.87. The van der Waals surface area contributed by atoms with Crippen LogP contribution in [0.3, 0.4) is 0 Å². The standard InChI is InChI=1S/C24H27ClN4O5/c1-14(2)29(3)13-23(30)28-24(31)27-15-6-7-20(17(25)10-15)34-19-8-9-26-18-12-22(33-5)21(32-4)11-16(18)19/h6-12,14H,13H2,1-5H3,(H2,27,28,30,31). The van der Waals surface area contributed by atoms with Crippen molar-refractivity contribution in [3.8, 4) is 23.0 Å². The van der Waals surface area contributed by atoms with Crippen molar-refractivity contribution in [2.75, 3.05) is 33.1 Å². The third-order valence-corrected chi connectivity index (χ3v) is 5.44. The highest BCUT2D eigenvalue weighted by Gasteiger charge is 2.15. The fourth-order valence-corrected chi connectivity index (χ4v) is 3.27. The molecule has 0 spiro atoms. The van der Waals surface area contributed by atoms with Crippen LogP contribution in [0.2, 0.25) is 5.02 Å². The Balaban J connectivity index is 1.73. The lowest BCUT2D eigenvalue weighted by atomic mass is 10.2. The molecule has 9 nitrogen and oxygen atoms in total. The van der Waals surface area contributed by atoms with Crippen LogP contribution in [-0.2, 0) is 4.79 Å². The molecular weight excluding hydrogens is 460 g/mol. The number of fused-ring (bicyclic) bond motifs is 1. The number of hydrogen-bond donors (Lipinski definition) is 2. The molecule has 0 aliphatic rings. The first-order valence-corrected chi connectivity index (χ1v) is 10.9. The Labute approximate surface area is 203 Å². The fraction of sp³-hybridized carbons (Fsp3) is 0.292. The molecule has 0 radical (unpaired) electrons. The van der Waals surface area contributed by atoms with Crippen LogP contribution in [0, 0.1) is 0 Å². The maximum atomic E-state index is 12.2. The molecule has 0 saturated carbocycles. The molecule has 2 aromatic carbocycles. The van der Waals surface area contributed by atoms with Crippen molar-refractivity contribution in [2.24, 2.45) is 0 Å². The second-order valence-corrected chi connectivity index (χ2v) is 8.20. The topological polar surface area (TPSA) is 102 Å². The summed E-state index contributed by atoms with van der Waals surface area (Å²) in [5.41, 5.74) is 1.07. The van der Waals surface area contributed by atoms with E-state index in [0.29, 0.717) is 39.6 Å². The van der Waals surface area contributed by atoms with Gasteiger partial charge >= 0.3 is 6.03 Å². The molecule has 3 amide bonds. The van der Waals surface area contributed by atoms with Gasteiger partial charge < -0.3 is 19.5 Å². The van der Waals surface area contributed by atoms with E-state index < -0.39 is 11.9 Å². The van der Waals surface area contributed by atoms with Gasteiger partial charge in [0.2, 0.25) is 5.91 Å². The number of ether oxygens (including phenoxy) is 3. The molecule has 0 aliphatic heterocycles. The number of amides is 3. The second-order valence-electron chi connectivity index (χ2n) is 7.79. The number of imide groups is 1. The summed E-state index contributed by atoms with van der Waals surface area (Å²) in [4.78, 5) is 30.3. The van der Waals surface area contributed by atoms with Gasteiger partial charge in [0, 0.05) is 29.4 Å². The molecule has 0 atom stereocenters. The van der Waals surface area contributed by atoms with Gasteiger partial charge in [0.15, 0.2) is 11.5 Å². The molecule has 0 bridgehead atoms. The van der Waals surface area contributed by atoms with Crippen molar-refractivity contribution < 1.29 is 23.8 Å². The van der Waals surface area contributed by atoms with Crippen LogP contribution in [0.5, 0.6) is 23.0 Å². The molecule has 0 saturated heterocycles. The van der Waals surface area contributed by atoms with Crippen molar-refractivity contribution in [3.63, 3.8) is 0 Å². The van der Waals surface area contributed by atoms with Crippen molar-refractivity contribution >= 4 is 40.1 Å². The van der Waals surface area contributed by atoms with E-state index in [-0.39, 0.29) is 17.6 Å². The number of nitrogens with zero attached hydrogens (tertiary/aromatic N) is 2. The Morgan fingerprint density at radius 2 is 1.74 bits per heavy atom. The number of aromatic nitrogens is 1. The molecule has 10 heteroatoms. The maximum absolute atomic E-state index is 12.2. The summed E-state index contributed by atoms with van der Waals surface area (Å²) in [6.07, 6.45) is 1.62. The minimum atomic E-state index is -0.645. The summed E-state index contributed by atoms with van der Waals surface area (Å²) in [6.45, 7) is 4.03. The third kappa shape index (κ3) is 6.06. The van der Waals surface area contributed by atoms with E-state index in [1.165, 1.54) is 6.07 Å². The number of rotatable bonds is 8. The Bertz CT molecular complexity index is 1200. The maximum Gasteiger partial charge on any atom is 0.325 e. The summed E-state index contributed by atoms with van der Waals surface area (Å²) in [7, 11) is 4.91. The quantitative estimate of drug-likeness (QED) is 0.476. The molecule has 0 fully saturated rings. The molecule has 180 valence electrons. The molecular formula is C24H27ClN4O5. The highest BCUT2D eigenvalue weighted by Crippen LogP contribution is 2.38. The lowest BCUT2D eigenvalue weighted by molar-refractivity contribution is -0.121. The van der Waals surface area contributed by atoms with Gasteiger partial charge in [0.25, 0.3) is 0 Å². The average molecular weight is 487 g/mol. The Morgan fingerprint density at radius 3 is 2.38 bits per heavy atom. The molecule has 0 aliphatic carbocycles. The number of methoxy groups -OCH3 is 2. The number of anilines is 1. The number of pyridine rings is 1. The Hall–Kier alpha value is -3.56. The lowest BCUT2D eigenvalue weighted by Crippen LogP contribution is -2.42. The van der Waals surface area contributed by atoms with E-state index in [9.17, 15) is 9.59 Å². The van der Waals surface area contributed by atoms with Gasteiger partial charge in [-0.1, -0.05) is 11.6 Å². The van der Waals surface area contributed by atoms with Crippen LogP contribution in [0.4, 0.5) is 10.5 Å². The molecule has 1 heterocycles. The fourth-order valence-electron chi connectivity index (χ4n) is 3.05. The minimum Gasteiger partial charge on any atom is -0.493 e. The molecule has 3 rings (SSSR count). The number of carbonyl (C=O) groups excluding carboxylic acids is 2. The van der Waals surface area contributed by atoms with E-state index in [1.807, 2.05) is 18.7 Å². The van der Waals surface area contributed by atoms with Gasteiger partial charge in [0.05, 0.1) is 31.3 Å². The normalized spacial score (nSPS) is 10.9. The van der Waals surface area contributed by atoms with E-state index in [2.05, 4.69) is 15.6 Å². The smallest absolute Gasteiger partial charge is 0.325 e. The van der Waals surface area contributed by atoms with Crippen molar-refractivity contribution in [2.45, 2.75) is 19.9 Å². The van der Waals surface area contributed by atoms with Crippen LogP contribution in [0.1, 0.15) is 13.8 Å². The molecule has 1 aromatic heterocycles. The first-order valence-electron chi connectivity index (χ1n) is 10.5. The molecule has 2 N–H and O–H groups in total. The van der Waals surface area contributed by atoms with Crippen LogP contribution >= 0.6 is 11.6 Å². The van der Waals surface area contributed by atoms with Gasteiger partial charge in [-0.15, -0.1) is 0 Å². The summed E-state index contributed by atoms with van der Waals surface area (Å²) in [5.74, 6) is 1.59. The van der Waals surface area contributed by atoms with Crippen LogP contribution in [0.15, 0.2) is 42.6 Å². The SMILES string of the molecule is COc1cc2nccc(Oc3ccc(NC(=O)NC(=O)CN(C)C(C)C)cc3Cl)c2cc1OC. The van der Waals surface area contributed by atoms with Gasteiger partial charge in [-0.3, -0.25) is 20.0 Å². The van der Waals surface area contributed by atoms with E-state index in [0.717, 1.165) is 0 Å². The molecule has 0 unspecified atom stereocenters. The summed E-state index contributed by atoms with van der Waals surface area (Å²) >= 11 is 6.40. The number of halogens is 1. The third-order valence-electron chi connectivity index (χ3n) is 5.14. The molecule has 3 aromatic rings. The number of carbonyl (C=O) groups is 2. The monoisotopic (exact) mass is 486 g/mol. The van der Waals surface area contributed by atoms with Crippen LogP contribution in [0.25, 0.3) is 10.9 Å². The minimum absolute atomic E-state index is 0.106. The van der Waals surface area contributed by atoms with Gasteiger partial charge in [-0.2, -0.15) is 0 Å². The zero-order chi connectivity index (χ0) is 24.8. The number of likely N-dealkylation sites (N-methyl/N-ethyl adjacent to an activating group) is 1. The van der Waals surface area contributed by atoms with Crippen LogP contribution < -0.4 is 24.8 Å². The predicted octanol–water partition coefficient (Wildman–Crippen LogP) is 4.69. The number of nitrogens with one attached hydrogen (secondary N) is 2. The van der Waals surface area contributed by atoms with E-state index >= 15 is 0 Å². The Kier molecular flexibility index (Phi) is 8.14. The lowest BCUT2D eigenvalue weighted by Gasteiger charge is -2.19. The summed E-state index contributed by atoms with van der Waals surface area (Å²) < 4.78 is 16.7. The van der Waals surface area contributed by atoms with Gasteiger partial charge in [-0.25, -0.2) is 4.79 Å². The van der Waals surface area contributed by atoms with Gasteiger partial charge in [0.1, 0.15) is 11.5 Å². The van der Waals surface area contributed by atoms with E-state index in [4.69, 9.17) is 25.8 Å². The van der Waals surface area contributed by atoms with Crippen molar-refractivity contribution in [3.05, 3.63) is 47.6 Å². The first kappa shape index (κ1) is 25.1. The highest BCUT2D eigenvalue weighted by molar-refractivity contribution is 6.32. The highest BCUT2D eigenvalue weighted by atomic mass is 35.5. The van der Waals surface area contributed by atoms with Gasteiger partial charge in [-0.05, 0) is 51.2 Å². The second kappa shape index (κ2) is 11.0. The number of hydrogen-bond acceptors (Lipinski definition) is 7. The van der Waals surface area contributed by atoms with Crippen molar-refractivity contribution in [1.82, 2.24) is 15.2 Å². The first-order chi connectivity index (χ1) is 16.2. The van der Waals surface area contributed by atoms with Crippen molar-refractivity contribution in [1.29, 1.82) is 0 Å². The predicted molar refractivity (Wildman–Crippen MR) is 131 cm³/mol.